The molecule has 0 spiro atoms. The van der Waals surface area contributed by atoms with Crippen molar-refractivity contribution < 1.29 is 229 Å². The summed E-state index contributed by atoms with van der Waals surface area (Å²) in [5.74, 6) is 0. The van der Waals surface area contributed by atoms with Crippen LogP contribution in [0.2, 0.25) is 0 Å². The molecule has 49 heteroatoms. The molecule has 12 aliphatic rings. The molecule has 0 aromatic carbocycles. The SMILES string of the molecule is CC1OC(OC2C(C)OC(OC3C(CO)=CC(NC4C(C)OC(OC5C(C)OC(OC6C(CO)=CC(NC7C(C)OC(OC8C(C)OC(OC9C(C)OC(OC%10C(C)OC(OC%11C(C)OC(O)C(O)C%11O)C(O)C%10O)C(O)C9O)C(O)C8O)C(O)C7O)C(O)C6O)C(O)C5O)C(O)C4O)C(O)C3O)C(O)C2O)C(O)C(O)C1NC1C=C(CO)C(O)C(O)C1O. The van der Waals surface area contributed by atoms with E-state index in [9.17, 15) is 148 Å². The van der Waals surface area contributed by atoms with Crippen molar-refractivity contribution in [2.24, 2.45) is 0 Å². The number of rotatable bonds is 25. The van der Waals surface area contributed by atoms with Crippen LogP contribution in [0.15, 0.2) is 34.9 Å². The molecular weight excluding hydrogens is 1680 g/mol. The van der Waals surface area contributed by atoms with Crippen LogP contribution in [0.4, 0.5) is 0 Å². The second kappa shape index (κ2) is 41.4. The molecule has 0 amide bonds. The van der Waals surface area contributed by atoms with Gasteiger partial charge in [-0.25, -0.2) is 0 Å². The normalized spacial score (nSPS) is 54.9. The Hall–Kier alpha value is -2.74. The van der Waals surface area contributed by atoms with Crippen molar-refractivity contribution in [3.63, 3.8) is 0 Å². The molecular formula is C75H125N3O46. The van der Waals surface area contributed by atoms with Gasteiger partial charge in [-0.15, -0.1) is 0 Å². The van der Waals surface area contributed by atoms with Crippen LogP contribution >= 0.6 is 0 Å². The maximum Gasteiger partial charge on any atom is 0.187 e. The molecule has 0 aromatic rings. The van der Waals surface area contributed by atoms with Crippen LogP contribution < -0.4 is 16.0 Å². The van der Waals surface area contributed by atoms with E-state index in [-0.39, 0.29) is 16.7 Å². The fourth-order valence-corrected chi connectivity index (χ4v) is 18.1. The second-order valence-electron chi connectivity index (χ2n) is 34.2. The molecule has 12 rings (SSSR count). The molecule has 124 heavy (non-hydrogen) atoms. The zero-order chi connectivity index (χ0) is 91.0. The van der Waals surface area contributed by atoms with E-state index in [1.165, 1.54) is 80.5 Å². The van der Waals surface area contributed by atoms with Gasteiger partial charge in [0, 0.05) is 0 Å². The maximum absolute atomic E-state index is 11.6. The summed E-state index contributed by atoms with van der Waals surface area (Å²) in [6, 6.07) is -7.62. The molecule has 0 bridgehead atoms. The molecule has 0 aromatic heterocycles. The highest BCUT2D eigenvalue weighted by molar-refractivity contribution is 5.26. The summed E-state index contributed by atoms with van der Waals surface area (Å²) in [7, 11) is 0. The molecule has 9 heterocycles. The highest BCUT2D eigenvalue weighted by atomic mass is 16.8. The lowest BCUT2D eigenvalue weighted by atomic mass is 9.86. The van der Waals surface area contributed by atoms with Crippen LogP contribution in [0.5, 0.6) is 0 Å². The number of hydrogen-bond donors (Lipinski definition) is 32. The average Bonchev–Trinajstić information content (AvgIpc) is 0.774. The Balaban J connectivity index is 0.587. The molecule has 3 aliphatic carbocycles. The van der Waals surface area contributed by atoms with Crippen molar-refractivity contribution in [2.45, 2.75) is 412 Å². The highest BCUT2D eigenvalue weighted by Crippen LogP contribution is 2.41. The van der Waals surface area contributed by atoms with Gasteiger partial charge in [-0.3, -0.25) is 0 Å². The Morgan fingerprint density at radius 1 is 0.218 bits per heavy atom. The van der Waals surface area contributed by atoms with Gasteiger partial charge in [0.25, 0.3) is 0 Å². The topological polar surface area (TPSA) is 780 Å². The molecule has 0 saturated carbocycles. The first-order chi connectivity index (χ1) is 58.3. The van der Waals surface area contributed by atoms with Gasteiger partial charge in [-0.2, -0.15) is 0 Å². The van der Waals surface area contributed by atoms with E-state index in [1.54, 1.807) is 0 Å². The van der Waals surface area contributed by atoms with Crippen LogP contribution in [-0.4, -0.2) is 517 Å². The Morgan fingerprint density at radius 2 is 0.419 bits per heavy atom. The lowest BCUT2D eigenvalue weighted by molar-refractivity contribution is -0.385. The number of aliphatic hydroxyl groups is 29. The van der Waals surface area contributed by atoms with E-state index in [1.807, 2.05) is 0 Å². The molecule has 49 nitrogen and oxygen atoms in total. The van der Waals surface area contributed by atoms with Gasteiger partial charge in [0.1, 0.15) is 201 Å². The largest absolute Gasteiger partial charge is 0.392 e. The van der Waals surface area contributed by atoms with Crippen LogP contribution in [0.25, 0.3) is 0 Å². The third-order valence-corrected chi connectivity index (χ3v) is 25.6. The summed E-state index contributed by atoms with van der Waals surface area (Å²) in [4.78, 5) is 0. The summed E-state index contributed by atoms with van der Waals surface area (Å²) in [6.07, 6.45) is -81.1. The van der Waals surface area contributed by atoms with E-state index < -0.39 is 369 Å². The minimum Gasteiger partial charge on any atom is -0.392 e. The third kappa shape index (κ3) is 20.2. The van der Waals surface area contributed by atoms with Crippen molar-refractivity contribution in [1.29, 1.82) is 0 Å². The van der Waals surface area contributed by atoms with Gasteiger partial charge >= 0.3 is 0 Å². The van der Waals surface area contributed by atoms with Crippen LogP contribution in [0.3, 0.4) is 0 Å². The molecule has 57 unspecified atom stereocenters. The van der Waals surface area contributed by atoms with Gasteiger partial charge in [0.05, 0.1) is 111 Å². The van der Waals surface area contributed by atoms with Gasteiger partial charge in [0.2, 0.25) is 0 Å². The maximum atomic E-state index is 11.6. The first-order valence-electron chi connectivity index (χ1n) is 41.4. The van der Waals surface area contributed by atoms with Crippen molar-refractivity contribution in [1.82, 2.24) is 16.0 Å². The molecule has 9 saturated heterocycles. The Bertz CT molecular complexity index is 3510. The third-order valence-electron chi connectivity index (χ3n) is 25.6. The molecule has 57 atom stereocenters. The standard InChI is InChI=1S/C75H125N3O46/c1-16-31(76-28-10-25(13-79)34(82)41(89)35(28)83)38(86)51(99)68(109-16)119-61-23(8)115-74(57(105)48(61)96)123-65-27(15-81)12-30(37(85)43(65)91)78-33-18(3)111-70(53(101)40(33)88)120-62-24(9)116-75(58(106)49(62)97)124-66-26(14-80)11-29(36(84)42(66)90)77-32-17(2)110-69(52(100)39(32)87)118-60-20(5)113-72(55(103)45(60)93)122-64-22(7)114-73(56(104)47(64)95)121-63-21(6)112-71(54(102)46(63)94)117-59-19(4)108-67(107)50(98)44(59)92/h10-12,16-24,28-107H,13-15H2,1-9H3. The van der Waals surface area contributed by atoms with E-state index in [0.29, 0.717) is 0 Å². The van der Waals surface area contributed by atoms with Crippen molar-refractivity contribution >= 4 is 0 Å². The first kappa shape index (κ1) is 100. The Labute approximate surface area is 708 Å². The molecule has 32 N–H and O–H groups in total. The molecule has 9 aliphatic heterocycles. The lowest BCUT2D eigenvalue weighted by Crippen LogP contribution is -2.68. The van der Waals surface area contributed by atoms with Crippen LogP contribution in [-0.2, 0) is 80.5 Å². The van der Waals surface area contributed by atoms with Crippen LogP contribution in [0.1, 0.15) is 62.3 Å². The van der Waals surface area contributed by atoms with E-state index in [0.717, 1.165) is 0 Å². The quantitative estimate of drug-likeness (QED) is 0.0377. The monoisotopic (exact) mass is 1800 g/mol. The summed E-state index contributed by atoms with van der Waals surface area (Å²) >= 11 is 0. The molecule has 9 fully saturated rings. The van der Waals surface area contributed by atoms with Crippen molar-refractivity contribution in [3.8, 4) is 0 Å². The number of nitrogens with one attached hydrogen (secondary N) is 3. The van der Waals surface area contributed by atoms with Gasteiger partial charge in [0.15, 0.2) is 56.6 Å². The van der Waals surface area contributed by atoms with E-state index >= 15 is 0 Å². The Kier molecular flexibility index (Phi) is 33.5. The summed E-state index contributed by atoms with van der Waals surface area (Å²) in [6.45, 7) is 10.3. The highest BCUT2D eigenvalue weighted by Gasteiger charge is 2.60. The van der Waals surface area contributed by atoms with Gasteiger partial charge in [-0.1, -0.05) is 18.2 Å². The van der Waals surface area contributed by atoms with E-state index in [2.05, 4.69) is 16.0 Å². The predicted octanol–water partition coefficient (Wildman–Crippen LogP) is -17.4. The molecule has 0 radical (unpaired) electrons. The summed E-state index contributed by atoms with van der Waals surface area (Å²) in [5, 5.41) is 330. The zero-order valence-electron chi connectivity index (χ0n) is 68.7. The fraction of sp³-hybridized carbons (Fsp3) is 0.920. The zero-order valence-corrected chi connectivity index (χ0v) is 68.7. The van der Waals surface area contributed by atoms with Crippen molar-refractivity contribution in [2.75, 3.05) is 19.8 Å². The number of aliphatic hydroxyl groups excluding tert-OH is 29. The first-order valence-corrected chi connectivity index (χ1v) is 41.4. The second-order valence-corrected chi connectivity index (χ2v) is 34.2. The van der Waals surface area contributed by atoms with Crippen molar-refractivity contribution in [3.05, 3.63) is 34.9 Å². The molecule has 716 valence electrons. The van der Waals surface area contributed by atoms with Gasteiger partial charge < -0.3 is 245 Å². The van der Waals surface area contributed by atoms with Crippen LogP contribution in [0, 0.1) is 0 Å². The average molecular weight is 1800 g/mol. The van der Waals surface area contributed by atoms with Gasteiger partial charge in [-0.05, 0) is 79.0 Å². The fourth-order valence-electron chi connectivity index (χ4n) is 18.1. The smallest absolute Gasteiger partial charge is 0.187 e. The summed E-state index contributed by atoms with van der Waals surface area (Å²) < 4.78 is 99.4. The predicted molar refractivity (Wildman–Crippen MR) is 398 cm³/mol. The summed E-state index contributed by atoms with van der Waals surface area (Å²) in [5.41, 5.74) is -0.259. The number of hydrogen-bond acceptors (Lipinski definition) is 49. The Morgan fingerprint density at radius 3 is 0.669 bits per heavy atom. The minimum absolute atomic E-state index is 0.0153. The minimum atomic E-state index is -2.05. The number of ether oxygens (including phenoxy) is 17. The lowest BCUT2D eigenvalue weighted by Gasteiger charge is -2.49. The van der Waals surface area contributed by atoms with E-state index in [4.69, 9.17) is 80.5 Å².